The van der Waals surface area contributed by atoms with E-state index in [1.807, 2.05) is 69.7 Å². The van der Waals surface area contributed by atoms with Crippen molar-refractivity contribution in [2.45, 2.75) is 142 Å². The second-order valence-electron chi connectivity index (χ2n) is 11.0. The van der Waals surface area contributed by atoms with Crippen LogP contribution in [0.4, 0.5) is 0 Å². The van der Waals surface area contributed by atoms with Crippen LogP contribution in [-0.4, -0.2) is 11.5 Å². The standard InChI is InChI=1S/C33H52S9/c1-3-5-7-9-11-13-15-17-19-21-23-35-30-31(36-24-22-20-18-16-14-12-10-8-6-4-2)42-33(41-30)32-39-27(28(34)40-32)29-37-25-26-38-29/h25-26H,3-24H2,1-2H3. The average molecular weight is 737 g/mol. The van der Waals surface area contributed by atoms with Gasteiger partial charge in [0.15, 0.2) is 0 Å². The first-order chi connectivity index (χ1) is 20.7. The SMILES string of the molecule is CCCCCCCCCCCCSC1=C(SCCCCCCCCCCCC)SC(=c2sc(=S)c(=C3SC=CS3)s2)S1. The van der Waals surface area contributed by atoms with E-state index < -0.39 is 0 Å². The van der Waals surface area contributed by atoms with E-state index in [-0.39, 0.29) is 0 Å². The summed E-state index contributed by atoms with van der Waals surface area (Å²) in [6.07, 6.45) is 28.2. The van der Waals surface area contributed by atoms with Gasteiger partial charge in [-0.2, -0.15) is 0 Å². The summed E-state index contributed by atoms with van der Waals surface area (Å²) >= 11 is 21.5. The van der Waals surface area contributed by atoms with Crippen LogP contribution in [-0.2, 0) is 0 Å². The Morgan fingerprint density at radius 3 is 1.36 bits per heavy atom. The molecule has 0 aliphatic carbocycles. The van der Waals surface area contributed by atoms with Crippen molar-refractivity contribution in [2.75, 3.05) is 11.5 Å². The zero-order chi connectivity index (χ0) is 29.7. The molecule has 3 heterocycles. The summed E-state index contributed by atoms with van der Waals surface area (Å²) in [7, 11) is 0. The molecule has 42 heavy (non-hydrogen) atoms. The molecule has 0 saturated heterocycles. The van der Waals surface area contributed by atoms with Crippen LogP contribution < -0.4 is 8.38 Å². The summed E-state index contributed by atoms with van der Waals surface area (Å²) in [5, 5.41) is 4.36. The Bertz CT molecular complexity index is 1060. The third-order valence-corrected chi connectivity index (χ3v) is 18.9. The predicted molar refractivity (Wildman–Crippen MR) is 214 cm³/mol. The lowest BCUT2D eigenvalue weighted by Crippen LogP contribution is -1.95. The molecule has 2 aliphatic heterocycles. The van der Waals surface area contributed by atoms with Crippen LogP contribution in [0.15, 0.2) is 19.3 Å². The lowest BCUT2D eigenvalue weighted by atomic mass is 10.1. The maximum Gasteiger partial charge on any atom is 0.110 e. The molecule has 0 spiro atoms. The van der Waals surface area contributed by atoms with Crippen LogP contribution in [0.3, 0.4) is 0 Å². The molecule has 3 rings (SSSR count). The Morgan fingerprint density at radius 2 is 0.929 bits per heavy atom. The summed E-state index contributed by atoms with van der Waals surface area (Å²) in [6, 6.07) is 0. The van der Waals surface area contributed by atoms with Gasteiger partial charge in [0.1, 0.15) is 7.67 Å². The lowest BCUT2D eigenvalue weighted by molar-refractivity contribution is 0.563. The van der Waals surface area contributed by atoms with E-state index in [0.717, 1.165) is 3.82 Å². The molecule has 0 nitrogen and oxygen atoms in total. The molecular weight excluding hydrogens is 685 g/mol. The van der Waals surface area contributed by atoms with E-state index in [9.17, 15) is 0 Å². The van der Waals surface area contributed by atoms with Gasteiger partial charge in [-0.1, -0.05) is 189 Å². The minimum atomic E-state index is 1.06. The molecule has 0 atom stereocenters. The van der Waals surface area contributed by atoms with Crippen LogP contribution in [0.2, 0.25) is 0 Å². The number of hydrogen-bond acceptors (Lipinski definition) is 9. The fraction of sp³-hybridized carbons (Fsp3) is 0.727. The number of unbranched alkanes of at least 4 members (excludes halogenated alkanes) is 18. The Hall–Kier alpha value is 1.59. The van der Waals surface area contributed by atoms with Crippen molar-refractivity contribution in [3.8, 4) is 0 Å². The summed E-state index contributed by atoms with van der Waals surface area (Å²) in [4.78, 5) is 0. The van der Waals surface area contributed by atoms with Crippen molar-refractivity contribution < 1.29 is 0 Å². The molecule has 0 aromatic carbocycles. The Labute approximate surface area is 296 Å². The maximum atomic E-state index is 5.81. The van der Waals surface area contributed by atoms with E-state index in [4.69, 9.17) is 12.2 Å². The highest BCUT2D eigenvalue weighted by molar-refractivity contribution is 8.45. The van der Waals surface area contributed by atoms with E-state index in [1.165, 1.54) is 157 Å². The normalized spacial score (nSPS) is 15.2. The Morgan fingerprint density at radius 1 is 0.524 bits per heavy atom. The second-order valence-corrected chi connectivity index (χ2v) is 21.1. The predicted octanol–water partition coefficient (Wildman–Crippen LogP) is 14.5. The fourth-order valence-corrected chi connectivity index (χ4v) is 16.4. The van der Waals surface area contributed by atoms with Crippen LogP contribution in [0.5, 0.6) is 0 Å². The smallest absolute Gasteiger partial charge is 0.110 e. The van der Waals surface area contributed by atoms with Crippen molar-refractivity contribution in [3.05, 3.63) is 31.5 Å². The fourth-order valence-electron chi connectivity index (χ4n) is 4.85. The molecule has 9 heteroatoms. The quantitative estimate of drug-likeness (QED) is 0.0756. The first-order valence-corrected chi connectivity index (χ1v) is 23.9. The van der Waals surface area contributed by atoms with Crippen LogP contribution in [0, 0.1) is 3.82 Å². The van der Waals surface area contributed by atoms with E-state index >= 15 is 0 Å². The van der Waals surface area contributed by atoms with Gasteiger partial charge in [-0.25, -0.2) is 0 Å². The first kappa shape index (κ1) is 38.0. The van der Waals surface area contributed by atoms with Gasteiger partial charge in [-0.15, -0.1) is 46.2 Å². The molecule has 0 amide bonds. The maximum absolute atomic E-state index is 5.81. The van der Waals surface area contributed by atoms with Gasteiger partial charge < -0.3 is 0 Å². The van der Waals surface area contributed by atoms with Gasteiger partial charge in [-0.05, 0) is 35.2 Å². The van der Waals surface area contributed by atoms with Crippen molar-refractivity contribution in [2.24, 2.45) is 0 Å². The third-order valence-electron chi connectivity index (χ3n) is 7.32. The van der Waals surface area contributed by atoms with Crippen molar-refractivity contribution in [1.82, 2.24) is 0 Å². The van der Waals surface area contributed by atoms with Crippen LogP contribution in [0.1, 0.15) is 142 Å². The molecular formula is C33H52S9. The molecule has 0 N–H and O–H groups in total. The van der Waals surface area contributed by atoms with E-state index in [1.54, 1.807) is 8.47 Å². The summed E-state index contributed by atoms with van der Waals surface area (Å²) in [6.45, 7) is 4.61. The van der Waals surface area contributed by atoms with Crippen molar-refractivity contribution >= 4 is 114 Å². The van der Waals surface area contributed by atoms with Crippen molar-refractivity contribution in [1.29, 1.82) is 0 Å². The van der Waals surface area contributed by atoms with Gasteiger partial charge in [0.05, 0.1) is 21.5 Å². The summed E-state index contributed by atoms with van der Waals surface area (Å²) < 4.78 is 9.75. The van der Waals surface area contributed by atoms with Crippen LogP contribution in [0.25, 0.3) is 8.47 Å². The summed E-state index contributed by atoms with van der Waals surface area (Å²) in [5.41, 5.74) is 0. The molecule has 0 radical (unpaired) electrons. The molecule has 238 valence electrons. The Kier molecular flexibility index (Phi) is 22.4. The highest BCUT2D eigenvalue weighted by Gasteiger charge is 2.23. The average Bonchev–Trinajstić information content (AvgIpc) is 3.75. The van der Waals surface area contributed by atoms with Gasteiger partial charge in [0.2, 0.25) is 0 Å². The zero-order valence-corrected chi connectivity index (χ0v) is 33.2. The van der Waals surface area contributed by atoms with Gasteiger partial charge in [0.25, 0.3) is 0 Å². The highest BCUT2D eigenvalue weighted by atomic mass is 32.3. The highest BCUT2D eigenvalue weighted by Crippen LogP contribution is 2.58. The van der Waals surface area contributed by atoms with E-state index in [0.29, 0.717) is 0 Å². The second kappa shape index (κ2) is 24.7. The Balaban J connectivity index is 1.44. The van der Waals surface area contributed by atoms with Gasteiger partial charge in [-0.3, -0.25) is 0 Å². The van der Waals surface area contributed by atoms with E-state index in [2.05, 4.69) is 48.2 Å². The summed E-state index contributed by atoms with van der Waals surface area (Å²) in [5.74, 6) is 2.52. The minimum absolute atomic E-state index is 1.06. The van der Waals surface area contributed by atoms with Crippen LogP contribution >= 0.6 is 105 Å². The third kappa shape index (κ3) is 15.5. The lowest BCUT2D eigenvalue weighted by Gasteiger charge is -2.06. The molecule has 0 bridgehead atoms. The number of thioether (sulfide) groups is 6. The zero-order valence-electron chi connectivity index (χ0n) is 25.9. The molecule has 0 unspecified atom stereocenters. The van der Waals surface area contributed by atoms with Gasteiger partial charge >= 0.3 is 0 Å². The molecule has 1 aromatic heterocycles. The number of rotatable bonds is 24. The van der Waals surface area contributed by atoms with Crippen molar-refractivity contribution in [3.63, 3.8) is 0 Å². The molecule has 1 aromatic rings. The number of hydrogen-bond donors (Lipinski definition) is 0. The topological polar surface area (TPSA) is 0 Å². The first-order valence-electron chi connectivity index (χ1n) is 16.4. The molecule has 2 aliphatic rings. The largest absolute Gasteiger partial charge is 0.119 e. The monoisotopic (exact) mass is 736 g/mol. The minimum Gasteiger partial charge on any atom is -0.119 e. The van der Waals surface area contributed by atoms with Gasteiger partial charge in [0, 0.05) is 0 Å². The molecule has 0 fully saturated rings. The molecule has 0 saturated carbocycles.